The van der Waals surface area contributed by atoms with E-state index in [1.807, 2.05) is 66.7 Å². The highest BCUT2D eigenvalue weighted by atomic mass is 16.5. The number of nitrogens with zero attached hydrogens (tertiary/aromatic N) is 2. The molecule has 0 saturated carbocycles. The SMILES string of the molecule is C=C1C(Nc2ccc(OC)c(OC)c2)=NC(c2ccc3c(c2)NC(=O)CC3)=CN1/C=C\C. The molecule has 2 aliphatic rings. The van der Waals surface area contributed by atoms with E-state index in [2.05, 4.69) is 17.2 Å². The quantitative estimate of drug-likeness (QED) is 0.715. The highest BCUT2D eigenvalue weighted by Crippen LogP contribution is 2.33. The number of aryl methyl sites for hydroxylation is 1. The predicted octanol–water partition coefficient (Wildman–Crippen LogP) is 4.76. The number of amidine groups is 1. The number of hydrogen-bond acceptors (Lipinski definition) is 6. The number of carbonyl (C=O) groups excluding carboxylic acids is 1. The maximum Gasteiger partial charge on any atom is 0.224 e. The first-order valence-electron chi connectivity index (χ1n) is 10.4. The van der Waals surface area contributed by atoms with Crippen LogP contribution in [0.3, 0.4) is 0 Å². The van der Waals surface area contributed by atoms with Crippen LogP contribution < -0.4 is 20.1 Å². The van der Waals surface area contributed by atoms with Gasteiger partial charge in [-0.15, -0.1) is 0 Å². The molecule has 0 atom stereocenters. The fraction of sp³-hybridized carbons (Fsp3) is 0.200. The Morgan fingerprint density at radius 2 is 1.94 bits per heavy atom. The number of benzene rings is 2. The fourth-order valence-corrected chi connectivity index (χ4v) is 3.66. The molecule has 0 saturated heterocycles. The molecule has 32 heavy (non-hydrogen) atoms. The Kier molecular flexibility index (Phi) is 5.98. The summed E-state index contributed by atoms with van der Waals surface area (Å²) in [5.74, 6) is 1.91. The van der Waals surface area contributed by atoms with Gasteiger partial charge in [0.1, 0.15) is 0 Å². The fourth-order valence-electron chi connectivity index (χ4n) is 3.66. The van der Waals surface area contributed by atoms with Crippen LogP contribution in [0.25, 0.3) is 5.70 Å². The maximum atomic E-state index is 11.8. The molecular formula is C25H26N4O3. The molecule has 0 radical (unpaired) electrons. The molecule has 7 heteroatoms. The third-order valence-corrected chi connectivity index (χ3v) is 5.34. The molecule has 2 aromatic rings. The molecular weight excluding hydrogens is 404 g/mol. The predicted molar refractivity (Wildman–Crippen MR) is 128 cm³/mol. The summed E-state index contributed by atoms with van der Waals surface area (Å²) in [5.41, 5.74) is 5.12. The van der Waals surface area contributed by atoms with Crippen LogP contribution in [0.4, 0.5) is 11.4 Å². The van der Waals surface area contributed by atoms with Crippen molar-refractivity contribution >= 4 is 28.8 Å². The summed E-state index contributed by atoms with van der Waals surface area (Å²) in [4.78, 5) is 18.6. The monoisotopic (exact) mass is 430 g/mol. The van der Waals surface area contributed by atoms with Crippen LogP contribution >= 0.6 is 0 Å². The van der Waals surface area contributed by atoms with Crippen LogP contribution in [0.1, 0.15) is 24.5 Å². The molecule has 0 aliphatic carbocycles. The number of fused-ring (bicyclic) bond motifs is 1. The number of nitrogens with one attached hydrogen (secondary N) is 2. The van der Waals surface area contributed by atoms with Crippen molar-refractivity contribution < 1.29 is 14.3 Å². The van der Waals surface area contributed by atoms with E-state index in [-0.39, 0.29) is 5.91 Å². The lowest BCUT2D eigenvalue weighted by molar-refractivity contribution is -0.116. The van der Waals surface area contributed by atoms with Crippen LogP contribution in [0.2, 0.25) is 0 Å². The minimum Gasteiger partial charge on any atom is -0.493 e. The van der Waals surface area contributed by atoms with Crippen LogP contribution in [-0.4, -0.2) is 30.9 Å². The van der Waals surface area contributed by atoms with E-state index in [4.69, 9.17) is 14.5 Å². The Bertz CT molecular complexity index is 1160. The zero-order chi connectivity index (χ0) is 22.7. The van der Waals surface area contributed by atoms with Gasteiger partial charge < -0.3 is 25.0 Å². The Hall–Kier alpha value is -4.00. The number of allylic oxidation sites excluding steroid dienone is 1. The van der Waals surface area contributed by atoms with Gasteiger partial charge in [-0.1, -0.05) is 24.8 Å². The average Bonchev–Trinajstić information content (AvgIpc) is 2.81. The highest BCUT2D eigenvalue weighted by Gasteiger charge is 2.21. The molecule has 0 bridgehead atoms. The highest BCUT2D eigenvalue weighted by molar-refractivity contribution is 6.11. The number of ether oxygens (including phenoxy) is 2. The van der Waals surface area contributed by atoms with Gasteiger partial charge >= 0.3 is 0 Å². The first kappa shape index (κ1) is 21.2. The molecule has 2 heterocycles. The molecule has 0 spiro atoms. The number of methoxy groups -OCH3 is 2. The van der Waals surface area contributed by atoms with Crippen molar-refractivity contribution in [1.82, 2.24) is 4.90 Å². The van der Waals surface area contributed by atoms with Gasteiger partial charge in [0.15, 0.2) is 17.3 Å². The molecule has 0 unspecified atom stereocenters. The molecule has 0 aromatic heterocycles. The van der Waals surface area contributed by atoms with E-state index < -0.39 is 0 Å². The second kappa shape index (κ2) is 9.01. The Labute approximate surface area is 187 Å². The van der Waals surface area contributed by atoms with Gasteiger partial charge in [0, 0.05) is 41.8 Å². The van der Waals surface area contributed by atoms with Crippen molar-refractivity contribution in [2.75, 3.05) is 24.9 Å². The summed E-state index contributed by atoms with van der Waals surface area (Å²) >= 11 is 0. The van der Waals surface area contributed by atoms with Gasteiger partial charge in [-0.2, -0.15) is 0 Å². The molecule has 0 fully saturated rings. The lowest BCUT2D eigenvalue weighted by Crippen LogP contribution is -2.27. The number of aliphatic imine (C=N–C) groups is 1. The molecule has 2 N–H and O–H groups in total. The Morgan fingerprint density at radius 3 is 2.69 bits per heavy atom. The van der Waals surface area contributed by atoms with Gasteiger partial charge in [0.25, 0.3) is 0 Å². The molecule has 2 aromatic carbocycles. The molecule has 1 amide bonds. The lowest BCUT2D eigenvalue weighted by atomic mass is 9.99. The van der Waals surface area contributed by atoms with Gasteiger partial charge in [-0.05, 0) is 37.1 Å². The smallest absolute Gasteiger partial charge is 0.224 e. The second-order valence-corrected chi connectivity index (χ2v) is 7.43. The normalized spacial score (nSPS) is 15.7. The van der Waals surface area contributed by atoms with E-state index in [1.165, 1.54) is 0 Å². The van der Waals surface area contributed by atoms with Crippen molar-refractivity contribution in [1.29, 1.82) is 0 Å². The van der Waals surface area contributed by atoms with Crippen molar-refractivity contribution in [3.05, 3.63) is 78.3 Å². The summed E-state index contributed by atoms with van der Waals surface area (Å²) in [7, 11) is 3.20. The lowest BCUT2D eigenvalue weighted by Gasteiger charge is -2.27. The van der Waals surface area contributed by atoms with E-state index in [0.29, 0.717) is 29.5 Å². The minimum atomic E-state index is 0.0375. The molecule has 2 aliphatic heterocycles. The summed E-state index contributed by atoms with van der Waals surface area (Å²) in [6.07, 6.45) is 7.05. The van der Waals surface area contributed by atoms with E-state index in [0.717, 1.165) is 34.6 Å². The first-order chi connectivity index (χ1) is 15.5. The summed E-state index contributed by atoms with van der Waals surface area (Å²) < 4.78 is 10.7. The van der Waals surface area contributed by atoms with Gasteiger partial charge in [0.05, 0.1) is 25.6 Å². The van der Waals surface area contributed by atoms with Gasteiger partial charge in [0.2, 0.25) is 5.91 Å². The third-order valence-electron chi connectivity index (χ3n) is 5.34. The summed E-state index contributed by atoms with van der Waals surface area (Å²) in [5, 5.41) is 6.30. The largest absolute Gasteiger partial charge is 0.493 e. The van der Waals surface area contributed by atoms with Crippen LogP contribution in [0.15, 0.2) is 72.1 Å². The van der Waals surface area contributed by atoms with Crippen LogP contribution in [0.5, 0.6) is 11.5 Å². The third kappa shape index (κ3) is 4.23. The number of carbonyl (C=O) groups is 1. The molecule has 7 nitrogen and oxygen atoms in total. The number of anilines is 2. The zero-order valence-electron chi connectivity index (χ0n) is 18.4. The van der Waals surface area contributed by atoms with Crippen LogP contribution in [-0.2, 0) is 11.2 Å². The first-order valence-corrected chi connectivity index (χ1v) is 10.4. The van der Waals surface area contributed by atoms with E-state index in [1.54, 1.807) is 14.2 Å². The average molecular weight is 431 g/mol. The standard InChI is InChI=1S/C25H26N4O3/c1-5-12-29-15-21(18-7-6-17-8-11-24(30)27-20(17)13-18)28-25(16(29)2)26-19-9-10-22(31-3)23(14-19)32-4/h5-7,9-10,12-15H,2,8,11H2,1,3-4H3,(H,26,28)(H,27,30)/b12-5-. The van der Waals surface area contributed by atoms with E-state index in [9.17, 15) is 4.79 Å². The molecule has 164 valence electrons. The Morgan fingerprint density at radius 1 is 1.12 bits per heavy atom. The van der Waals surface area contributed by atoms with Crippen molar-refractivity contribution in [3.63, 3.8) is 0 Å². The second-order valence-electron chi connectivity index (χ2n) is 7.43. The molecule has 4 rings (SSSR count). The van der Waals surface area contributed by atoms with Crippen LogP contribution in [0, 0.1) is 0 Å². The Balaban J connectivity index is 1.70. The number of amides is 1. The van der Waals surface area contributed by atoms with Crippen molar-refractivity contribution in [2.45, 2.75) is 19.8 Å². The van der Waals surface area contributed by atoms with Gasteiger partial charge in [-0.25, -0.2) is 4.99 Å². The number of hydrogen-bond donors (Lipinski definition) is 2. The summed E-state index contributed by atoms with van der Waals surface area (Å²) in [6, 6.07) is 11.6. The zero-order valence-corrected chi connectivity index (χ0v) is 18.4. The van der Waals surface area contributed by atoms with E-state index >= 15 is 0 Å². The summed E-state index contributed by atoms with van der Waals surface area (Å²) in [6.45, 7) is 6.15. The minimum absolute atomic E-state index is 0.0375. The number of rotatable bonds is 5. The topological polar surface area (TPSA) is 75.2 Å². The van der Waals surface area contributed by atoms with Crippen molar-refractivity contribution in [2.24, 2.45) is 4.99 Å². The van der Waals surface area contributed by atoms with Gasteiger partial charge in [-0.3, -0.25) is 4.79 Å². The van der Waals surface area contributed by atoms with Crippen molar-refractivity contribution in [3.8, 4) is 11.5 Å². The maximum absolute atomic E-state index is 11.8.